The van der Waals surface area contributed by atoms with Crippen molar-refractivity contribution in [1.29, 1.82) is 0 Å². The molecular weight excluding hydrogens is 250 g/mol. The van der Waals surface area contributed by atoms with E-state index in [1.807, 2.05) is 11.8 Å². The Bertz CT molecular complexity index is 444. The topological polar surface area (TPSA) is 62.3 Å². The van der Waals surface area contributed by atoms with Gasteiger partial charge in [0.2, 0.25) is 5.91 Å². The van der Waals surface area contributed by atoms with Crippen LogP contribution in [-0.4, -0.2) is 40.7 Å². The lowest BCUT2D eigenvalue weighted by molar-refractivity contribution is -0.127. The molecule has 0 aromatic carbocycles. The normalized spacial score (nSPS) is 15.2. The summed E-state index contributed by atoms with van der Waals surface area (Å²) in [7, 11) is 0. The van der Waals surface area contributed by atoms with Crippen LogP contribution in [0.1, 0.15) is 34.6 Å². The second kappa shape index (κ2) is 5.95. The minimum absolute atomic E-state index is 0.132. The predicted octanol–water partition coefficient (Wildman–Crippen LogP) is 1.19. The molecule has 18 heavy (non-hydrogen) atoms. The number of nitrogens with zero attached hydrogens (tertiary/aromatic N) is 2. The van der Waals surface area contributed by atoms with Crippen LogP contribution in [0.15, 0.2) is 6.07 Å². The number of carbonyl (C=O) groups excluding carboxylic acids is 2. The van der Waals surface area contributed by atoms with Gasteiger partial charge in [-0.15, -0.1) is 0 Å². The number of rotatable bonds is 5. The molecule has 98 valence electrons. The first-order valence-corrected chi connectivity index (χ1v) is 6.93. The van der Waals surface area contributed by atoms with E-state index in [2.05, 4.69) is 9.69 Å². The Balaban J connectivity index is 1.66. The highest BCUT2D eigenvalue weighted by molar-refractivity contribution is 7.05. The summed E-state index contributed by atoms with van der Waals surface area (Å²) in [5.41, 5.74) is 0.481. The van der Waals surface area contributed by atoms with Crippen LogP contribution in [0.5, 0.6) is 0 Å². The molecule has 0 aliphatic carbocycles. The number of aryl methyl sites for hydroxylation is 1. The lowest BCUT2D eigenvalue weighted by atomic mass is 10.3. The molecule has 1 aliphatic rings. The van der Waals surface area contributed by atoms with E-state index in [9.17, 15) is 9.59 Å². The van der Waals surface area contributed by atoms with Crippen molar-refractivity contribution in [1.82, 2.24) is 14.6 Å². The SMILES string of the molecule is Cc1cc(C(=O)NCCCN2CCCC2=O)ns1. The molecule has 5 nitrogen and oxygen atoms in total. The summed E-state index contributed by atoms with van der Waals surface area (Å²) in [5, 5.41) is 2.82. The summed E-state index contributed by atoms with van der Waals surface area (Å²) < 4.78 is 4.05. The molecule has 2 rings (SSSR count). The zero-order chi connectivity index (χ0) is 13.0. The lowest BCUT2D eigenvalue weighted by Crippen LogP contribution is -2.30. The Morgan fingerprint density at radius 2 is 2.44 bits per heavy atom. The van der Waals surface area contributed by atoms with Gasteiger partial charge in [0.15, 0.2) is 0 Å². The van der Waals surface area contributed by atoms with Gasteiger partial charge in [-0.2, -0.15) is 4.37 Å². The molecule has 0 saturated carbocycles. The van der Waals surface area contributed by atoms with Crippen LogP contribution in [0.25, 0.3) is 0 Å². The largest absolute Gasteiger partial charge is 0.351 e. The minimum Gasteiger partial charge on any atom is -0.351 e. The van der Waals surface area contributed by atoms with Crippen molar-refractivity contribution in [2.45, 2.75) is 26.2 Å². The van der Waals surface area contributed by atoms with Gasteiger partial charge in [-0.3, -0.25) is 9.59 Å². The van der Waals surface area contributed by atoms with E-state index in [1.165, 1.54) is 11.5 Å². The van der Waals surface area contributed by atoms with E-state index in [0.29, 0.717) is 18.7 Å². The summed E-state index contributed by atoms with van der Waals surface area (Å²) in [6.07, 6.45) is 2.42. The Morgan fingerprint density at radius 1 is 1.61 bits per heavy atom. The van der Waals surface area contributed by atoms with Crippen molar-refractivity contribution >= 4 is 23.3 Å². The van der Waals surface area contributed by atoms with Gasteiger partial charge in [0.1, 0.15) is 5.69 Å². The molecule has 1 saturated heterocycles. The van der Waals surface area contributed by atoms with Crippen LogP contribution >= 0.6 is 11.5 Å². The van der Waals surface area contributed by atoms with Gasteiger partial charge in [0.05, 0.1) is 0 Å². The highest BCUT2D eigenvalue weighted by Crippen LogP contribution is 2.10. The van der Waals surface area contributed by atoms with Crippen molar-refractivity contribution < 1.29 is 9.59 Å². The summed E-state index contributed by atoms with van der Waals surface area (Å²) in [6.45, 7) is 4.10. The highest BCUT2D eigenvalue weighted by Gasteiger charge is 2.19. The van der Waals surface area contributed by atoms with E-state index in [1.54, 1.807) is 6.07 Å². The third-order valence-corrected chi connectivity index (χ3v) is 3.62. The average molecular weight is 267 g/mol. The van der Waals surface area contributed by atoms with Crippen molar-refractivity contribution in [3.63, 3.8) is 0 Å². The second-order valence-corrected chi connectivity index (χ2v) is 5.43. The first kappa shape index (κ1) is 13.0. The number of aromatic nitrogens is 1. The highest BCUT2D eigenvalue weighted by atomic mass is 32.1. The molecule has 0 spiro atoms. The zero-order valence-corrected chi connectivity index (χ0v) is 11.3. The number of hydrogen-bond acceptors (Lipinski definition) is 4. The zero-order valence-electron chi connectivity index (χ0n) is 10.4. The van der Waals surface area contributed by atoms with E-state index < -0.39 is 0 Å². The maximum absolute atomic E-state index is 11.7. The van der Waals surface area contributed by atoms with Gasteiger partial charge in [-0.05, 0) is 37.4 Å². The van der Waals surface area contributed by atoms with E-state index >= 15 is 0 Å². The molecule has 0 bridgehead atoms. The van der Waals surface area contributed by atoms with Crippen molar-refractivity contribution in [2.75, 3.05) is 19.6 Å². The Labute approximate surface area is 110 Å². The van der Waals surface area contributed by atoms with Crippen molar-refractivity contribution in [3.05, 3.63) is 16.6 Å². The minimum atomic E-state index is -0.132. The van der Waals surface area contributed by atoms with Crippen LogP contribution in [-0.2, 0) is 4.79 Å². The predicted molar refractivity (Wildman–Crippen MR) is 69.6 cm³/mol. The molecule has 2 heterocycles. The molecular formula is C12H17N3O2S. The Morgan fingerprint density at radius 3 is 3.06 bits per heavy atom. The van der Waals surface area contributed by atoms with E-state index in [-0.39, 0.29) is 11.8 Å². The molecule has 1 aromatic heterocycles. The molecule has 1 fully saturated rings. The molecule has 6 heteroatoms. The van der Waals surface area contributed by atoms with Gasteiger partial charge >= 0.3 is 0 Å². The quantitative estimate of drug-likeness (QED) is 0.815. The van der Waals surface area contributed by atoms with Crippen LogP contribution in [0.2, 0.25) is 0 Å². The van der Waals surface area contributed by atoms with Gasteiger partial charge < -0.3 is 10.2 Å². The maximum atomic E-state index is 11.7. The fourth-order valence-corrected chi connectivity index (χ4v) is 2.52. The number of amides is 2. The molecule has 1 N–H and O–H groups in total. The van der Waals surface area contributed by atoms with Crippen LogP contribution in [0.3, 0.4) is 0 Å². The van der Waals surface area contributed by atoms with Crippen molar-refractivity contribution in [2.24, 2.45) is 0 Å². The monoisotopic (exact) mass is 267 g/mol. The molecule has 0 radical (unpaired) electrons. The van der Waals surface area contributed by atoms with E-state index in [4.69, 9.17) is 0 Å². The van der Waals surface area contributed by atoms with Gasteiger partial charge in [0, 0.05) is 30.9 Å². The number of carbonyl (C=O) groups is 2. The Hall–Kier alpha value is -1.43. The molecule has 1 aromatic rings. The van der Waals surface area contributed by atoms with Gasteiger partial charge in [0.25, 0.3) is 5.91 Å². The standard InChI is InChI=1S/C12H17N3O2S/c1-9-8-10(14-18-9)12(17)13-5-3-7-15-6-2-4-11(15)16/h8H,2-7H2,1H3,(H,13,17). The third kappa shape index (κ3) is 3.29. The molecule has 0 atom stereocenters. The summed E-state index contributed by atoms with van der Waals surface area (Å²) >= 11 is 1.33. The molecule has 2 amide bonds. The smallest absolute Gasteiger partial charge is 0.270 e. The first-order chi connectivity index (χ1) is 8.66. The first-order valence-electron chi connectivity index (χ1n) is 6.16. The van der Waals surface area contributed by atoms with Crippen molar-refractivity contribution in [3.8, 4) is 0 Å². The molecule has 1 aliphatic heterocycles. The van der Waals surface area contributed by atoms with Gasteiger partial charge in [-0.1, -0.05) is 0 Å². The average Bonchev–Trinajstić information content (AvgIpc) is 2.94. The lowest BCUT2D eigenvalue weighted by Gasteiger charge is -2.14. The fourth-order valence-electron chi connectivity index (χ4n) is 1.98. The summed E-state index contributed by atoms with van der Waals surface area (Å²) in [6, 6.07) is 1.78. The van der Waals surface area contributed by atoms with E-state index in [0.717, 1.165) is 30.8 Å². The van der Waals surface area contributed by atoms with Crippen LogP contribution < -0.4 is 5.32 Å². The number of hydrogen-bond donors (Lipinski definition) is 1. The number of nitrogens with one attached hydrogen (secondary N) is 1. The summed E-state index contributed by atoms with van der Waals surface area (Å²) in [5.74, 6) is 0.101. The second-order valence-electron chi connectivity index (χ2n) is 4.42. The van der Waals surface area contributed by atoms with Crippen LogP contribution in [0, 0.1) is 6.92 Å². The van der Waals surface area contributed by atoms with Gasteiger partial charge in [-0.25, -0.2) is 0 Å². The Kier molecular flexibility index (Phi) is 4.30. The number of likely N-dealkylation sites (tertiary alicyclic amines) is 1. The van der Waals surface area contributed by atoms with Crippen LogP contribution in [0.4, 0.5) is 0 Å². The molecule has 0 unspecified atom stereocenters. The summed E-state index contributed by atoms with van der Waals surface area (Å²) in [4.78, 5) is 25.9. The third-order valence-electron chi connectivity index (χ3n) is 2.92. The maximum Gasteiger partial charge on any atom is 0.270 e. The fraction of sp³-hybridized carbons (Fsp3) is 0.583.